The Morgan fingerprint density at radius 1 is 0.533 bits per heavy atom. The van der Waals surface area contributed by atoms with Crippen LogP contribution in [0.15, 0.2) is 87.5 Å². The monoisotopic (exact) mass is 704 g/mol. The third-order valence-corrected chi connectivity index (χ3v) is 12.0. The van der Waals surface area contributed by atoms with Crippen molar-refractivity contribution in [3.63, 3.8) is 0 Å². The fraction of sp³-hybridized carbons (Fsp3) is 0.333. The summed E-state index contributed by atoms with van der Waals surface area (Å²) in [6, 6.07) is 14.8. The molecule has 0 aliphatic rings. The second-order valence-corrected chi connectivity index (χ2v) is 14.2. The van der Waals surface area contributed by atoms with E-state index < -0.39 is 55.5 Å². The predicted molar refractivity (Wildman–Crippen MR) is 137 cm³/mol. The van der Waals surface area contributed by atoms with E-state index in [1.165, 1.54) is 62.4 Å². The highest BCUT2D eigenvalue weighted by Gasteiger charge is 2.93. The number of benzene rings is 3. The summed E-state index contributed by atoms with van der Waals surface area (Å²) in [4.78, 5) is -0.891. The average molecular weight is 705 g/mol. The van der Waals surface area contributed by atoms with Crippen LogP contribution in [0.25, 0.3) is 0 Å². The van der Waals surface area contributed by atoms with E-state index in [1.54, 1.807) is 6.92 Å². The molecule has 0 fully saturated rings. The van der Waals surface area contributed by atoms with Gasteiger partial charge < -0.3 is 0 Å². The number of hydrogen-bond donors (Lipinski definition) is 0. The molecule has 0 amide bonds. The van der Waals surface area contributed by atoms with Gasteiger partial charge in [0.1, 0.15) is 0 Å². The Morgan fingerprint density at radius 2 is 0.889 bits per heavy atom. The van der Waals surface area contributed by atoms with E-state index in [2.05, 4.69) is 0 Å². The highest BCUT2D eigenvalue weighted by Crippen LogP contribution is 2.73. The first-order chi connectivity index (χ1) is 20.2. The van der Waals surface area contributed by atoms with Crippen LogP contribution < -0.4 is 0 Å². The topological polar surface area (TPSA) is 43.4 Å². The lowest BCUT2D eigenvalue weighted by atomic mass is 9.98. The van der Waals surface area contributed by atoms with Crippen molar-refractivity contribution < 1.29 is 69.1 Å². The van der Waals surface area contributed by atoms with Crippen LogP contribution >= 0.6 is 10.3 Å². The molecule has 0 heterocycles. The van der Waals surface area contributed by atoms with Gasteiger partial charge in [-0.25, -0.2) is 3.63 Å². The first-order valence-corrected chi connectivity index (χ1v) is 15.1. The lowest BCUT2D eigenvalue weighted by Gasteiger charge is -2.43. The molecule has 0 aliphatic heterocycles. The third-order valence-electron chi connectivity index (χ3n) is 6.45. The van der Waals surface area contributed by atoms with Crippen LogP contribution in [0.3, 0.4) is 0 Å². The van der Waals surface area contributed by atoms with Gasteiger partial charge in [-0.3, -0.25) is 0 Å². The summed E-state index contributed by atoms with van der Waals surface area (Å²) in [5.74, 6) is -32.8. The molecule has 0 N–H and O–H groups in total. The second kappa shape index (κ2) is 11.4. The van der Waals surface area contributed by atoms with Crippen molar-refractivity contribution >= 4 is 20.4 Å². The van der Waals surface area contributed by atoms with E-state index in [0.29, 0.717) is 5.56 Å². The Bertz CT molecular complexity index is 1580. The zero-order valence-electron chi connectivity index (χ0n) is 22.9. The van der Waals surface area contributed by atoms with Crippen molar-refractivity contribution in [3.8, 4) is 0 Å². The molecule has 0 aromatic heterocycles. The van der Waals surface area contributed by atoms with Crippen LogP contribution in [0.4, 0.5) is 57.1 Å². The van der Waals surface area contributed by atoms with Gasteiger partial charge >= 0.3 is 45.2 Å². The minimum atomic E-state index is -8.33. The highest BCUT2D eigenvalue weighted by atomic mass is 32.3. The van der Waals surface area contributed by atoms with Crippen LogP contribution in [-0.2, 0) is 13.7 Å². The van der Waals surface area contributed by atoms with Gasteiger partial charge in [0, 0.05) is 14.7 Å². The van der Waals surface area contributed by atoms with Gasteiger partial charge in [-0.1, -0.05) is 54.1 Å². The van der Waals surface area contributed by atoms with Crippen molar-refractivity contribution in [3.05, 3.63) is 89.5 Å². The number of alkyl halides is 13. The van der Waals surface area contributed by atoms with Crippen molar-refractivity contribution in [2.45, 2.75) is 70.6 Å². The van der Waals surface area contributed by atoms with E-state index in [1.807, 2.05) is 0 Å². The predicted octanol–water partition coefficient (Wildman–Crippen LogP) is 9.85. The summed E-state index contributed by atoms with van der Waals surface area (Å²) in [6.45, 7) is 4.23. The van der Waals surface area contributed by atoms with Gasteiger partial charge in [0.05, 0.1) is 0 Å². The van der Waals surface area contributed by atoms with Gasteiger partial charge in [-0.2, -0.15) is 65.5 Å². The number of rotatable bonds is 10. The molecule has 45 heavy (non-hydrogen) atoms. The molecule has 3 nitrogen and oxygen atoms in total. The van der Waals surface area contributed by atoms with E-state index in [-0.39, 0.29) is 25.8 Å². The molecular weight excluding hydrogens is 683 g/mol. The molecule has 0 spiro atoms. The Balaban J connectivity index is 2.40. The summed E-state index contributed by atoms with van der Waals surface area (Å²) in [5, 5.41) is -7.54. The van der Waals surface area contributed by atoms with Crippen LogP contribution in [0, 0.1) is 20.8 Å². The minimum Gasteiger partial charge on any atom is -0.202 e. The minimum absolute atomic E-state index is 0.0992. The molecule has 3 aromatic rings. The molecule has 0 radical (unpaired) electrons. The van der Waals surface area contributed by atoms with E-state index in [4.69, 9.17) is 3.63 Å². The SMILES string of the molecule is Cc1cc(C)c(S(OS(=O)(=O)C(F)(F)C(F)(F)C(F)(F)C(F)(F)C(F)(F)C(F)(F)F)(c2ccccc2)c2ccccc2)c(C)c1. The molecule has 0 saturated heterocycles. The maximum atomic E-state index is 15.2. The van der Waals surface area contributed by atoms with Crippen molar-refractivity contribution in [2.24, 2.45) is 0 Å². The van der Waals surface area contributed by atoms with Gasteiger partial charge in [-0.15, -0.1) is 0 Å². The number of aryl methyl sites for hydroxylation is 3. The first kappa shape index (κ1) is 36.5. The maximum Gasteiger partial charge on any atom is 0.460 e. The standard InChI is InChI=1S/C27H21F13O3S2/c1-16-14-17(2)21(18(3)15-16)44(19-10-6-4-7-11-19,20-12-8-5-9-13-20)43-45(41,42)27(39,40)25(34,35)23(30,31)22(28,29)24(32,33)26(36,37)38/h4-15H,1-3H3. The molecular formula is C27H21F13O3S2. The molecule has 0 atom stereocenters. The molecule has 0 saturated carbocycles. The van der Waals surface area contributed by atoms with Crippen molar-refractivity contribution in [1.29, 1.82) is 0 Å². The van der Waals surface area contributed by atoms with E-state index >= 15 is 8.78 Å². The van der Waals surface area contributed by atoms with Crippen LogP contribution in [0.1, 0.15) is 16.7 Å². The Kier molecular flexibility index (Phi) is 9.21. The molecule has 3 aromatic carbocycles. The van der Waals surface area contributed by atoms with Crippen molar-refractivity contribution in [1.82, 2.24) is 0 Å². The lowest BCUT2D eigenvalue weighted by Crippen LogP contribution is -2.71. The maximum absolute atomic E-state index is 15.2. The molecule has 250 valence electrons. The molecule has 3 rings (SSSR count). The first-order valence-electron chi connectivity index (χ1n) is 12.2. The van der Waals surface area contributed by atoms with Gasteiger partial charge in [0.15, 0.2) is 0 Å². The third kappa shape index (κ3) is 5.45. The van der Waals surface area contributed by atoms with Gasteiger partial charge in [0.25, 0.3) is 0 Å². The molecule has 18 heteroatoms. The fourth-order valence-corrected chi connectivity index (χ4v) is 10.0. The Morgan fingerprint density at radius 3 is 1.24 bits per heavy atom. The van der Waals surface area contributed by atoms with Gasteiger partial charge in [-0.05, 0) is 66.5 Å². The number of hydrogen-bond acceptors (Lipinski definition) is 3. The molecule has 0 bridgehead atoms. The second-order valence-electron chi connectivity index (χ2n) is 9.74. The zero-order chi connectivity index (χ0) is 34.7. The average Bonchev–Trinajstić information content (AvgIpc) is 2.91. The largest absolute Gasteiger partial charge is 0.460 e. The highest BCUT2D eigenvalue weighted by molar-refractivity contribution is 8.33. The van der Waals surface area contributed by atoms with Crippen LogP contribution in [0.2, 0.25) is 0 Å². The van der Waals surface area contributed by atoms with Gasteiger partial charge in [0.2, 0.25) is 0 Å². The summed E-state index contributed by atoms with van der Waals surface area (Å²) >= 11 is 0. The summed E-state index contributed by atoms with van der Waals surface area (Å²) in [5.41, 5.74) is 0.722. The summed E-state index contributed by atoms with van der Waals surface area (Å²) in [6.07, 6.45) is -7.65. The van der Waals surface area contributed by atoms with E-state index in [9.17, 15) is 56.7 Å². The molecule has 0 unspecified atom stereocenters. The summed E-state index contributed by atoms with van der Waals surface area (Å²) in [7, 11) is -12.0. The Hall–Kier alpha value is -2.99. The smallest absolute Gasteiger partial charge is 0.202 e. The van der Waals surface area contributed by atoms with Crippen LogP contribution in [0.5, 0.6) is 0 Å². The normalized spacial score (nSPS) is 14.8. The molecule has 0 aliphatic carbocycles. The van der Waals surface area contributed by atoms with E-state index in [0.717, 1.165) is 24.3 Å². The fourth-order valence-electron chi connectivity index (χ4n) is 4.42. The Labute approximate surface area is 249 Å². The van der Waals surface area contributed by atoms with Crippen LogP contribution in [-0.4, -0.2) is 43.5 Å². The number of halogens is 13. The summed E-state index contributed by atoms with van der Waals surface area (Å²) < 4.78 is 212. The quantitative estimate of drug-likeness (QED) is 0.198. The van der Waals surface area contributed by atoms with Crippen molar-refractivity contribution in [2.75, 3.05) is 0 Å². The lowest BCUT2D eigenvalue weighted by molar-refractivity contribution is -0.433. The zero-order valence-corrected chi connectivity index (χ0v) is 24.5.